The lowest BCUT2D eigenvalue weighted by Gasteiger charge is -2.14. The fourth-order valence-electron chi connectivity index (χ4n) is 2.17. The minimum Gasteiger partial charge on any atom is -0.352 e. The Morgan fingerprint density at radius 1 is 1.60 bits per heavy atom. The Morgan fingerprint density at radius 3 is 2.95 bits per heavy atom. The van der Waals surface area contributed by atoms with Gasteiger partial charge in [0.1, 0.15) is 11.9 Å². The SMILES string of the molecule is CC(C(=O)NC1CC1)n1c(=S)[nH]c2cc(I)c(F)cc21. The molecule has 4 nitrogen and oxygen atoms in total. The molecule has 1 aliphatic rings. The van der Waals surface area contributed by atoms with Crippen molar-refractivity contribution < 1.29 is 9.18 Å². The number of carbonyl (C=O) groups excluding carboxylic acids is 1. The molecule has 1 fully saturated rings. The Kier molecular flexibility index (Phi) is 3.57. The van der Waals surface area contributed by atoms with Crippen LogP contribution in [0.15, 0.2) is 12.1 Å². The molecule has 1 unspecified atom stereocenters. The Hall–Kier alpha value is -0.960. The van der Waals surface area contributed by atoms with E-state index in [0.717, 1.165) is 18.4 Å². The van der Waals surface area contributed by atoms with Crippen LogP contribution in [0.1, 0.15) is 25.8 Å². The monoisotopic (exact) mass is 405 g/mol. The van der Waals surface area contributed by atoms with Crippen molar-refractivity contribution in [1.29, 1.82) is 0 Å². The Balaban J connectivity index is 2.05. The van der Waals surface area contributed by atoms with E-state index >= 15 is 0 Å². The fourth-order valence-corrected chi connectivity index (χ4v) is 3.01. The molecule has 1 aliphatic carbocycles. The van der Waals surface area contributed by atoms with Gasteiger partial charge in [0.15, 0.2) is 4.77 Å². The largest absolute Gasteiger partial charge is 0.352 e. The number of nitrogens with one attached hydrogen (secondary N) is 2. The average molecular weight is 405 g/mol. The van der Waals surface area contributed by atoms with Crippen LogP contribution < -0.4 is 5.32 Å². The van der Waals surface area contributed by atoms with Crippen molar-refractivity contribution in [3.05, 3.63) is 26.3 Å². The Labute approximate surface area is 133 Å². The summed E-state index contributed by atoms with van der Waals surface area (Å²) in [6, 6.07) is 2.95. The van der Waals surface area contributed by atoms with Gasteiger partial charge in [0.2, 0.25) is 5.91 Å². The van der Waals surface area contributed by atoms with Gasteiger partial charge in [-0.05, 0) is 60.6 Å². The van der Waals surface area contributed by atoms with Crippen LogP contribution in [0, 0.1) is 14.2 Å². The predicted octanol–water partition coefficient (Wildman–Crippen LogP) is 3.28. The lowest BCUT2D eigenvalue weighted by Crippen LogP contribution is -2.32. The second-order valence-corrected chi connectivity index (χ2v) is 6.59. The Bertz CT molecular complexity index is 750. The van der Waals surface area contributed by atoms with Gasteiger partial charge in [-0.2, -0.15) is 0 Å². The third-order valence-electron chi connectivity index (χ3n) is 3.45. The molecule has 106 valence electrons. The van der Waals surface area contributed by atoms with E-state index < -0.39 is 6.04 Å². The standard InChI is InChI=1S/C13H13FIN3OS/c1-6(12(19)16-7-2-3-7)18-11-4-8(14)9(15)5-10(11)17-13(18)20/h4-7H,2-3H2,1H3,(H,16,19)(H,17,20). The molecule has 3 rings (SSSR count). The van der Waals surface area contributed by atoms with Crippen molar-refractivity contribution >= 4 is 51.7 Å². The summed E-state index contributed by atoms with van der Waals surface area (Å²) < 4.78 is 16.4. The first kappa shape index (κ1) is 14.0. The van der Waals surface area contributed by atoms with Crippen LogP contribution in [0.5, 0.6) is 0 Å². The van der Waals surface area contributed by atoms with E-state index in [1.807, 2.05) is 22.6 Å². The third kappa shape index (κ3) is 2.48. The third-order valence-corrected chi connectivity index (χ3v) is 4.57. The molecule has 0 aliphatic heterocycles. The normalized spacial score (nSPS) is 16.4. The highest BCUT2D eigenvalue weighted by atomic mass is 127. The second kappa shape index (κ2) is 5.10. The molecule has 1 atom stereocenters. The van der Waals surface area contributed by atoms with Gasteiger partial charge in [-0.3, -0.25) is 4.79 Å². The number of hydrogen-bond acceptors (Lipinski definition) is 2. The molecule has 2 aromatic rings. The molecule has 2 N–H and O–H groups in total. The minimum atomic E-state index is -0.462. The number of hydrogen-bond donors (Lipinski definition) is 2. The van der Waals surface area contributed by atoms with E-state index in [0.29, 0.717) is 19.9 Å². The van der Waals surface area contributed by atoms with Gasteiger partial charge in [-0.25, -0.2) is 4.39 Å². The van der Waals surface area contributed by atoms with Crippen molar-refractivity contribution in [2.75, 3.05) is 0 Å². The molecule has 0 saturated heterocycles. The van der Waals surface area contributed by atoms with Gasteiger partial charge in [-0.1, -0.05) is 0 Å². The summed E-state index contributed by atoms with van der Waals surface area (Å²) in [4.78, 5) is 15.2. The maximum absolute atomic E-state index is 13.8. The molecule has 20 heavy (non-hydrogen) atoms. The van der Waals surface area contributed by atoms with E-state index in [4.69, 9.17) is 12.2 Å². The van der Waals surface area contributed by atoms with Crippen LogP contribution in [0.2, 0.25) is 0 Å². The number of aromatic amines is 1. The molecule has 1 heterocycles. The van der Waals surface area contributed by atoms with E-state index in [9.17, 15) is 9.18 Å². The summed E-state index contributed by atoms with van der Waals surface area (Å²) in [6.07, 6.45) is 2.06. The topological polar surface area (TPSA) is 49.8 Å². The number of fused-ring (bicyclic) bond motifs is 1. The first-order chi connectivity index (χ1) is 9.47. The van der Waals surface area contributed by atoms with Crippen molar-refractivity contribution in [1.82, 2.24) is 14.9 Å². The summed E-state index contributed by atoms with van der Waals surface area (Å²) in [5.74, 6) is -0.390. The van der Waals surface area contributed by atoms with Crippen LogP contribution in [0.3, 0.4) is 0 Å². The maximum Gasteiger partial charge on any atom is 0.243 e. The average Bonchev–Trinajstić information content (AvgIpc) is 3.13. The zero-order valence-corrected chi connectivity index (χ0v) is 13.7. The first-order valence-corrected chi connectivity index (χ1v) is 7.85. The molecule has 0 spiro atoms. The molecule has 1 amide bonds. The number of carbonyl (C=O) groups is 1. The number of amides is 1. The van der Waals surface area contributed by atoms with Crippen LogP contribution >= 0.6 is 34.8 Å². The maximum atomic E-state index is 13.8. The highest BCUT2D eigenvalue weighted by Crippen LogP contribution is 2.25. The quantitative estimate of drug-likeness (QED) is 0.609. The number of rotatable bonds is 3. The van der Waals surface area contributed by atoms with Gasteiger partial charge in [0, 0.05) is 12.1 Å². The zero-order chi connectivity index (χ0) is 14.4. The van der Waals surface area contributed by atoms with Crippen molar-refractivity contribution in [3.63, 3.8) is 0 Å². The summed E-state index contributed by atoms with van der Waals surface area (Å²) in [5, 5.41) is 2.94. The minimum absolute atomic E-state index is 0.0801. The van der Waals surface area contributed by atoms with Gasteiger partial charge in [0.25, 0.3) is 0 Å². The van der Waals surface area contributed by atoms with Crippen LogP contribution in [-0.2, 0) is 4.79 Å². The smallest absolute Gasteiger partial charge is 0.243 e. The van der Waals surface area contributed by atoms with Crippen molar-refractivity contribution in [3.8, 4) is 0 Å². The highest BCUT2D eigenvalue weighted by Gasteiger charge is 2.27. The summed E-state index contributed by atoms with van der Waals surface area (Å²) >= 11 is 7.20. The number of H-pyrrole nitrogens is 1. The predicted molar refractivity (Wildman–Crippen MR) is 85.7 cm³/mol. The van der Waals surface area contributed by atoms with Crippen molar-refractivity contribution in [2.24, 2.45) is 0 Å². The number of imidazole rings is 1. The van der Waals surface area contributed by atoms with Gasteiger partial charge >= 0.3 is 0 Å². The lowest BCUT2D eigenvalue weighted by molar-refractivity contribution is -0.123. The van der Waals surface area contributed by atoms with E-state index in [1.165, 1.54) is 6.07 Å². The molecule has 1 aromatic heterocycles. The second-order valence-electron chi connectivity index (χ2n) is 5.04. The molecule has 0 radical (unpaired) electrons. The van der Waals surface area contributed by atoms with Crippen LogP contribution in [-0.4, -0.2) is 21.5 Å². The van der Waals surface area contributed by atoms with Crippen molar-refractivity contribution in [2.45, 2.75) is 31.8 Å². The summed E-state index contributed by atoms with van der Waals surface area (Å²) in [5.41, 5.74) is 1.36. The molecule has 7 heteroatoms. The number of halogens is 2. The van der Waals surface area contributed by atoms with E-state index in [-0.39, 0.29) is 11.7 Å². The molecule has 1 saturated carbocycles. The first-order valence-electron chi connectivity index (χ1n) is 6.37. The lowest BCUT2D eigenvalue weighted by atomic mass is 10.2. The molecule has 1 aromatic carbocycles. The molecule has 0 bridgehead atoms. The number of nitrogens with zero attached hydrogens (tertiary/aromatic N) is 1. The fraction of sp³-hybridized carbons (Fsp3) is 0.385. The van der Waals surface area contributed by atoms with Gasteiger partial charge in [-0.15, -0.1) is 0 Å². The number of benzene rings is 1. The molecular weight excluding hydrogens is 392 g/mol. The zero-order valence-electron chi connectivity index (χ0n) is 10.7. The van der Waals surface area contributed by atoms with E-state index in [1.54, 1.807) is 17.6 Å². The summed E-state index contributed by atoms with van der Waals surface area (Å²) in [7, 11) is 0. The highest BCUT2D eigenvalue weighted by molar-refractivity contribution is 14.1. The summed E-state index contributed by atoms with van der Waals surface area (Å²) in [6.45, 7) is 1.77. The van der Waals surface area contributed by atoms with Gasteiger partial charge in [0.05, 0.1) is 14.6 Å². The number of aromatic nitrogens is 2. The Morgan fingerprint density at radius 2 is 2.30 bits per heavy atom. The van der Waals surface area contributed by atoms with Crippen LogP contribution in [0.4, 0.5) is 4.39 Å². The molecular formula is C13H13FIN3OS. The van der Waals surface area contributed by atoms with Gasteiger partial charge < -0.3 is 14.9 Å². The van der Waals surface area contributed by atoms with Crippen LogP contribution in [0.25, 0.3) is 11.0 Å². The van der Waals surface area contributed by atoms with E-state index in [2.05, 4.69) is 10.3 Å².